The van der Waals surface area contributed by atoms with Gasteiger partial charge in [0.15, 0.2) is 0 Å². The van der Waals surface area contributed by atoms with Crippen LogP contribution in [0.25, 0.3) is 0 Å². The Morgan fingerprint density at radius 1 is 0.893 bits per heavy atom. The van der Waals surface area contributed by atoms with Gasteiger partial charge < -0.3 is 20.7 Å². The number of benzene rings is 2. The third-order valence-electron chi connectivity index (χ3n) is 3.58. The van der Waals surface area contributed by atoms with Crippen LogP contribution in [0.4, 0.5) is 11.4 Å². The maximum Gasteiger partial charge on any atom is 0.251 e. The average Bonchev–Trinajstić information content (AvgIpc) is 2.59. The van der Waals surface area contributed by atoms with Gasteiger partial charge in [0.2, 0.25) is 11.8 Å². The molecule has 0 aliphatic heterocycles. The van der Waals surface area contributed by atoms with Crippen molar-refractivity contribution in [1.82, 2.24) is 5.32 Å². The van der Waals surface area contributed by atoms with Crippen LogP contribution in [0.15, 0.2) is 42.5 Å². The number of ether oxygens (including phenoxy) is 1. The molecule has 0 spiro atoms. The lowest BCUT2D eigenvalue weighted by molar-refractivity contribution is -0.115. The average molecular weight is 383 g/mol. The third kappa shape index (κ3) is 6.75. The minimum atomic E-state index is -0.318. The lowest BCUT2D eigenvalue weighted by Gasteiger charge is -2.12. The van der Waals surface area contributed by atoms with Crippen molar-refractivity contribution in [1.29, 1.82) is 0 Å². The summed E-state index contributed by atoms with van der Waals surface area (Å²) in [6.07, 6.45) is 0.0965. The summed E-state index contributed by atoms with van der Waals surface area (Å²) in [6, 6.07) is 12.2. The summed E-state index contributed by atoms with van der Waals surface area (Å²) < 4.78 is 5.60. The molecule has 0 aliphatic rings. The van der Waals surface area contributed by atoms with Gasteiger partial charge in [0, 0.05) is 37.3 Å². The number of nitrogens with one attached hydrogen (secondary N) is 3. The zero-order chi connectivity index (χ0) is 20.7. The van der Waals surface area contributed by atoms with Gasteiger partial charge in [-0.25, -0.2) is 0 Å². The molecule has 2 aromatic rings. The van der Waals surface area contributed by atoms with E-state index in [-0.39, 0.29) is 23.8 Å². The van der Waals surface area contributed by atoms with E-state index in [1.54, 1.807) is 18.2 Å². The molecular formula is C21H25N3O4. The lowest BCUT2D eigenvalue weighted by atomic mass is 10.1. The van der Waals surface area contributed by atoms with E-state index < -0.39 is 0 Å². The van der Waals surface area contributed by atoms with E-state index in [4.69, 9.17) is 4.74 Å². The van der Waals surface area contributed by atoms with E-state index in [1.165, 1.54) is 13.8 Å². The van der Waals surface area contributed by atoms with Gasteiger partial charge in [-0.3, -0.25) is 14.4 Å². The van der Waals surface area contributed by atoms with Crippen molar-refractivity contribution in [2.45, 2.75) is 40.3 Å². The summed E-state index contributed by atoms with van der Waals surface area (Å²) in [7, 11) is 0. The predicted octanol–water partition coefficient (Wildman–Crippen LogP) is 3.32. The molecule has 0 atom stereocenters. The van der Waals surface area contributed by atoms with Gasteiger partial charge in [0.05, 0.1) is 6.10 Å². The van der Waals surface area contributed by atoms with E-state index in [0.29, 0.717) is 23.5 Å². The number of anilines is 2. The molecule has 3 N–H and O–H groups in total. The molecule has 28 heavy (non-hydrogen) atoms. The van der Waals surface area contributed by atoms with Crippen LogP contribution in [-0.4, -0.2) is 23.8 Å². The van der Waals surface area contributed by atoms with E-state index in [1.807, 2.05) is 38.1 Å². The van der Waals surface area contributed by atoms with E-state index in [9.17, 15) is 14.4 Å². The van der Waals surface area contributed by atoms with Crippen molar-refractivity contribution >= 4 is 29.1 Å². The van der Waals surface area contributed by atoms with Crippen LogP contribution in [-0.2, 0) is 16.1 Å². The molecule has 3 amide bonds. The van der Waals surface area contributed by atoms with Gasteiger partial charge >= 0.3 is 0 Å². The number of hydrogen-bond acceptors (Lipinski definition) is 4. The fourth-order valence-corrected chi connectivity index (χ4v) is 2.55. The van der Waals surface area contributed by atoms with Crippen molar-refractivity contribution < 1.29 is 19.1 Å². The first kappa shape index (κ1) is 21.0. The number of hydrogen-bond donors (Lipinski definition) is 3. The molecule has 0 radical (unpaired) electrons. The van der Waals surface area contributed by atoms with E-state index >= 15 is 0 Å². The number of rotatable bonds is 7. The topological polar surface area (TPSA) is 96.5 Å². The second-order valence-electron chi connectivity index (χ2n) is 6.65. The molecule has 7 nitrogen and oxygen atoms in total. The number of carbonyl (C=O) groups is 3. The molecule has 0 aliphatic carbocycles. The quantitative estimate of drug-likeness (QED) is 0.683. The first-order chi connectivity index (χ1) is 13.2. The summed E-state index contributed by atoms with van der Waals surface area (Å²) in [4.78, 5) is 35.2. The second kappa shape index (κ2) is 9.55. The van der Waals surface area contributed by atoms with Crippen molar-refractivity contribution in [3.8, 4) is 5.75 Å². The van der Waals surface area contributed by atoms with Gasteiger partial charge in [0.25, 0.3) is 5.91 Å². The molecule has 148 valence electrons. The van der Waals surface area contributed by atoms with Gasteiger partial charge in [-0.05, 0) is 49.7 Å². The minimum absolute atomic E-state index is 0.0965. The molecule has 0 fully saturated rings. The first-order valence-corrected chi connectivity index (χ1v) is 8.97. The molecule has 0 heterocycles. The highest BCUT2D eigenvalue weighted by Gasteiger charge is 2.11. The summed E-state index contributed by atoms with van der Waals surface area (Å²) >= 11 is 0. The van der Waals surface area contributed by atoms with Crippen LogP contribution in [0.2, 0.25) is 0 Å². The third-order valence-corrected chi connectivity index (χ3v) is 3.58. The van der Waals surface area contributed by atoms with Crippen molar-refractivity contribution in [2.24, 2.45) is 0 Å². The maximum absolute atomic E-state index is 12.5. The zero-order valence-corrected chi connectivity index (χ0v) is 16.5. The molecule has 0 saturated carbocycles. The highest BCUT2D eigenvalue weighted by molar-refractivity contribution is 5.99. The molecule has 0 unspecified atom stereocenters. The second-order valence-corrected chi connectivity index (χ2v) is 6.65. The zero-order valence-electron chi connectivity index (χ0n) is 16.5. The van der Waals surface area contributed by atoms with Gasteiger partial charge in [-0.1, -0.05) is 12.1 Å². The van der Waals surface area contributed by atoms with E-state index in [2.05, 4.69) is 16.0 Å². The molecule has 2 rings (SSSR count). The molecule has 0 saturated heterocycles. The van der Waals surface area contributed by atoms with Crippen LogP contribution < -0.4 is 20.7 Å². The fraction of sp³-hybridized carbons (Fsp3) is 0.286. The maximum atomic E-state index is 12.5. The van der Waals surface area contributed by atoms with Gasteiger partial charge in [-0.15, -0.1) is 0 Å². The van der Waals surface area contributed by atoms with Crippen LogP contribution in [0.1, 0.15) is 43.6 Å². The first-order valence-electron chi connectivity index (χ1n) is 8.97. The largest absolute Gasteiger partial charge is 0.491 e. The van der Waals surface area contributed by atoms with E-state index in [0.717, 1.165) is 11.3 Å². The highest BCUT2D eigenvalue weighted by atomic mass is 16.5. The standard InChI is InChI=1S/C21H25N3O4/c1-13(2)28-20-7-5-16(6-8-20)12-22-21(27)17-9-18(23-14(3)25)11-19(10-17)24-15(4)26/h5-11,13H,12H2,1-4H3,(H,22,27)(H,23,25)(H,24,26). The number of carbonyl (C=O) groups excluding carboxylic acids is 3. The summed E-state index contributed by atoms with van der Waals surface area (Å²) in [6.45, 7) is 6.99. The normalized spacial score (nSPS) is 10.3. The van der Waals surface area contributed by atoms with Crippen LogP contribution >= 0.6 is 0 Å². The van der Waals surface area contributed by atoms with Crippen LogP contribution in [0.3, 0.4) is 0 Å². The highest BCUT2D eigenvalue weighted by Crippen LogP contribution is 2.20. The Morgan fingerprint density at radius 3 is 1.89 bits per heavy atom. The Hall–Kier alpha value is -3.35. The SMILES string of the molecule is CC(=O)Nc1cc(NC(C)=O)cc(C(=O)NCc2ccc(OC(C)C)cc2)c1. The Kier molecular flexibility index (Phi) is 7.14. The summed E-state index contributed by atoms with van der Waals surface area (Å²) in [5.74, 6) is -0.0839. The van der Waals surface area contributed by atoms with Gasteiger partial charge in [0.1, 0.15) is 5.75 Å². The monoisotopic (exact) mass is 383 g/mol. The predicted molar refractivity (Wildman–Crippen MR) is 108 cm³/mol. The Labute approximate surface area is 164 Å². The summed E-state index contributed by atoms with van der Waals surface area (Å²) in [5, 5.41) is 8.08. The molecule has 2 aromatic carbocycles. The fourth-order valence-electron chi connectivity index (χ4n) is 2.55. The van der Waals surface area contributed by atoms with Crippen molar-refractivity contribution in [2.75, 3.05) is 10.6 Å². The smallest absolute Gasteiger partial charge is 0.251 e. The molecule has 0 bridgehead atoms. The Morgan fingerprint density at radius 2 is 1.43 bits per heavy atom. The van der Waals surface area contributed by atoms with Crippen LogP contribution in [0, 0.1) is 0 Å². The Balaban J connectivity index is 2.09. The Bertz CT molecular complexity index is 826. The van der Waals surface area contributed by atoms with Gasteiger partial charge in [-0.2, -0.15) is 0 Å². The summed E-state index contributed by atoms with van der Waals surface area (Å²) in [5.41, 5.74) is 2.11. The minimum Gasteiger partial charge on any atom is -0.491 e. The van der Waals surface area contributed by atoms with Crippen molar-refractivity contribution in [3.63, 3.8) is 0 Å². The van der Waals surface area contributed by atoms with Crippen LogP contribution in [0.5, 0.6) is 5.75 Å². The lowest BCUT2D eigenvalue weighted by Crippen LogP contribution is -2.23. The molecule has 7 heteroatoms. The number of amides is 3. The molecular weight excluding hydrogens is 358 g/mol. The molecule has 0 aromatic heterocycles. The van der Waals surface area contributed by atoms with Crippen molar-refractivity contribution in [3.05, 3.63) is 53.6 Å².